The minimum atomic E-state index is -4.45. The summed E-state index contributed by atoms with van der Waals surface area (Å²) in [7, 11) is 0. The molecule has 1 saturated heterocycles. The zero-order valence-corrected chi connectivity index (χ0v) is 15.9. The van der Waals surface area contributed by atoms with Crippen molar-refractivity contribution in [2.75, 3.05) is 13.1 Å². The Morgan fingerprint density at radius 1 is 1.33 bits per heavy atom. The zero-order valence-electron chi connectivity index (χ0n) is 14.2. The van der Waals surface area contributed by atoms with Crippen LogP contribution in [0.25, 0.3) is 5.82 Å². The molecule has 0 aromatic carbocycles. The Morgan fingerprint density at radius 2 is 2.07 bits per heavy atom. The maximum absolute atomic E-state index is 12.6. The molecule has 0 spiro atoms. The van der Waals surface area contributed by atoms with Gasteiger partial charge in [0.05, 0.1) is 11.8 Å². The molecule has 0 radical (unpaired) electrons. The number of carbonyl (C=O) groups excluding carboxylic acids is 1. The Hall–Kier alpha value is -1.91. The highest BCUT2D eigenvalue weighted by molar-refractivity contribution is 5.92. The molecule has 3 heterocycles. The largest absolute Gasteiger partial charge is 0.417 e. The second-order valence-electron chi connectivity index (χ2n) is 6.00. The van der Waals surface area contributed by atoms with Crippen molar-refractivity contribution in [2.24, 2.45) is 5.92 Å². The molecule has 0 bridgehead atoms. The number of amides is 1. The molecular formula is C15H19Cl2F3N6O. The van der Waals surface area contributed by atoms with Crippen molar-refractivity contribution >= 4 is 30.7 Å². The summed E-state index contributed by atoms with van der Waals surface area (Å²) < 4.78 is 38.8. The van der Waals surface area contributed by atoms with Crippen LogP contribution in [0.15, 0.2) is 24.5 Å². The van der Waals surface area contributed by atoms with Crippen molar-refractivity contribution in [3.05, 3.63) is 35.8 Å². The number of pyridine rings is 1. The molecule has 1 amide bonds. The SMILES string of the molecule is CC1CNCCC1NC(=O)c1cn(-c2ccc(C(F)(F)F)cn2)nn1.Cl.Cl. The maximum atomic E-state index is 12.6. The van der Waals surface area contributed by atoms with Gasteiger partial charge in [-0.3, -0.25) is 4.79 Å². The molecule has 27 heavy (non-hydrogen) atoms. The molecule has 7 nitrogen and oxygen atoms in total. The lowest BCUT2D eigenvalue weighted by Gasteiger charge is -2.29. The standard InChI is InChI=1S/C15H17F3N6O.2ClH/c1-9-6-19-5-4-11(9)21-14(25)12-8-24(23-22-12)13-3-2-10(7-20-13)15(16,17)18;;/h2-3,7-9,11,19H,4-6H2,1H3,(H,21,25);2*1H. The van der Waals surface area contributed by atoms with Gasteiger partial charge < -0.3 is 10.6 Å². The summed E-state index contributed by atoms with van der Waals surface area (Å²) in [6.07, 6.45) is -1.57. The molecule has 12 heteroatoms. The first-order chi connectivity index (χ1) is 11.8. The number of rotatable bonds is 3. The Balaban J connectivity index is 0.00000182. The van der Waals surface area contributed by atoms with E-state index in [9.17, 15) is 18.0 Å². The smallest absolute Gasteiger partial charge is 0.347 e. The number of aromatic nitrogens is 4. The summed E-state index contributed by atoms with van der Waals surface area (Å²) in [4.78, 5) is 16.0. The van der Waals surface area contributed by atoms with Crippen LogP contribution in [0.2, 0.25) is 0 Å². The van der Waals surface area contributed by atoms with Gasteiger partial charge in [0.1, 0.15) is 0 Å². The molecule has 150 valence electrons. The maximum Gasteiger partial charge on any atom is 0.417 e. The Morgan fingerprint density at radius 3 is 2.67 bits per heavy atom. The van der Waals surface area contributed by atoms with Gasteiger partial charge in [-0.05, 0) is 37.6 Å². The van der Waals surface area contributed by atoms with E-state index in [1.807, 2.05) is 6.92 Å². The molecule has 3 rings (SSSR count). The first-order valence-electron chi connectivity index (χ1n) is 7.82. The molecule has 1 aliphatic heterocycles. The quantitative estimate of drug-likeness (QED) is 0.785. The second-order valence-corrected chi connectivity index (χ2v) is 6.00. The van der Waals surface area contributed by atoms with Crippen LogP contribution in [0.3, 0.4) is 0 Å². The lowest BCUT2D eigenvalue weighted by atomic mass is 9.95. The van der Waals surface area contributed by atoms with Crippen molar-refractivity contribution < 1.29 is 18.0 Å². The van der Waals surface area contributed by atoms with E-state index in [2.05, 4.69) is 25.9 Å². The third-order valence-electron chi connectivity index (χ3n) is 4.14. The molecule has 1 aliphatic rings. The molecule has 0 saturated carbocycles. The molecule has 0 aliphatic carbocycles. The van der Waals surface area contributed by atoms with Crippen LogP contribution in [0.4, 0.5) is 13.2 Å². The van der Waals surface area contributed by atoms with Gasteiger partial charge in [0.15, 0.2) is 11.5 Å². The summed E-state index contributed by atoms with van der Waals surface area (Å²) in [5.41, 5.74) is -0.762. The summed E-state index contributed by atoms with van der Waals surface area (Å²) in [6, 6.07) is 2.12. The minimum absolute atomic E-state index is 0. The summed E-state index contributed by atoms with van der Waals surface area (Å²) in [5.74, 6) is 0.0796. The summed E-state index contributed by atoms with van der Waals surface area (Å²) in [6.45, 7) is 3.70. The first-order valence-corrected chi connectivity index (χ1v) is 7.82. The fourth-order valence-electron chi connectivity index (χ4n) is 2.64. The van der Waals surface area contributed by atoms with Crippen molar-refractivity contribution in [3.8, 4) is 5.82 Å². The highest BCUT2D eigenvalue weighted by atomic mass is 35.5. The number of halogens is 5. The van der Waals surface area contributed by atoms with Crippen LogP contribution in [-0.4, -0.2) is 45.0 Å². The van der Waals surface area contributed by atoms with Gasteiger partial charge in [-0.25, -0.2) is 9.67 Å². The van der Waals surface area contributed by atoms with Crippen molar-refractivity contribution in [2.45, 2.75) is 25.6 Å². The number of carbonyl (C=O) groups is 1. The van der Waals surface area contributed by atoms with Gasteiger partial charge in [0.25, 0.3) is 5.91 Å². The predicted octanol–water partition coefficient (Wildman–Crippen LogP) is 2.25. The predicted molar refractivity (Wildman–Crippen MR) is 96.6 cm³/mol. The molecule has 2 aromatic heterocycles. The third kappa shape index (κ3) is 5.53. The minimum Gasteiger partial charge on any atom is -0.347 e. The Kier molecular flexibility index (Phi) is 8.00. The van der Waals surface area contributed by atoms with E-state index in [0.717, 1.165) is 25.6 Å². The molecule has 2 atom stereocenters. The fraction of sp³-hybridized carbons (Fsp3) is 0.467. The Bertz CT molecular complexity index is 753. The van der Waals surface area contributed by atoms with Gasteiger partial charge in [0.2, 0.25) is 0 Å². The van der Waals surface area contributed by atoms with E-state index in [0.29, 0.717) is 12.1 Å². The van der Waals surface area contributed by atoms with Crippen molar-refractivity contribution in [3.63, 3.8) is 0 Å². The van der Waals surface area contributed by atoms with Gasteiger partial charge >= 0.3 is 6.18 Å². The monoisotopic (exact) mass is 426 g/mol. The second kappa shape index (κ2) is 9.34. The van der Waals surface area contributed by atoms with E-state index in [4.69, 9.17) is 0 Å². The van der Waals surface area contributed by atoms with Crippen LogP contribution in [0.1, 0.15) is 29.4 Å². The molecule has 2 N–H and O–H groups in total. The van der Waals surface area contributed by atoms with Crippen LogP contribution >= 0.6 is 24.8 Å². The zero-order chi connectivity index (χ0) is 18.0. The lowest BCUT2D eigenvalue weighted by Crippen LogP contribution is -2.48. The van der Waals surface area contributed by atoms with Crippen LogP contribution < -0.4 is 10.6 Å². The van der Waals surface area contributed by atoms with E-state index in [1.54, 1.807) is 0 Å². The average Bonchev–Trinajstić information content (AvgIpc) is 3.06. The van der Waals surface area contributed by atoms with Crippen molar-refractivity contribution in [1.29, 1.82) is 0 Å². The van der Waals surface area contributed by atoms with Gasteiger partial charge in [0, 0.05) is 12.2 Å². The number of hydrogen-bond acceptors (Lipinski definition) is 5. The molecule has 1 fully saturated rings. The number of alkyl halides is 3. The highest BCUT2D eigenvalue weighted by Gasteiger charge is 2.31. The molecular weight excluding hydrogens is 408 g/mol. The van der Waals surface area contributed by atoms with Gasteiger partial charge in [-0.15, -0.1) is 29.9 Å². The fourth-order valence-corrected chi connectivity index (χ4v) is 2.64. The van der Waals surface area contributed by atoms with E-state index in [-0.39, 0.29) is 48.3 Å². The van der Waals surface area contributed by atoms with E-state index >= 15 is 0 Å². The first kappa shape index (κ1) is 23.1. The number of hydrogen-bond donors (Lipinski definition) is 2. The van der Waals surface area contributed by atoms with Crippen LogP contribution in [0.5, 0.6) is 0 Å². The lowest BCUT2D eigenvalue weighted by molar-refractivity contribution is -0.137. The summed E-state index contributed by atoms with van der Waals surface area (Å²) >= 11 is 0. The third-order valence-corrected chi connectivity index (χ3v) is 4.14. The highest BCUT2D eigenvalue weighted by Crippen LogP contribution is 2.28. The van der Waals surface area contributed by atoms with Gasteiger partial charge in [-0.1, -0.05) is 12.1 Å². The average molecular weight is 427 g/mol. The topological polar surface area (TPSA) is 84.7 Å². The van der Waals surface area contributed by atoms with E-state index in [1.165, 1.54) is 16.9 Å². The van der Waals surface area contributed by atoms with E-state index < -0.39 is 11.7 Å². The van der Waals surface area contributed by atoms with Gasteiger partial charge in [-0.2, -0.15) is 13.2 Å². The Labute approximate surface area is 165 Å². The van der Waals surface area contributed by atoms with Crippen LogP contribution in [0, 0.1) is 5.92 Å². The number of nitrogens with zero attached hydrogens (tertiary/aromatic N) is 4. The summed E-state index contributed by atoms with van der Waals surface area (Å²) in [5, 5.41) is 13.7. The molecule has 2 aromatic rings. The number of piperidine rings is 1. The number of nitrogens with one attached hydrogen (secondary N) is 2. The molecule has 2 unspecified atom stereocenters. The van der Waals surface area contributed by atoms with Crippen LogP contribution in [-0.2, 0) is 6.18 Å². The van der Waals surface area contributed by atoms with Crippen molar-refractivity contribution in [1.82, 2.24) is 30.6 Å². The normalized spacial score (nSPS) is 19.6.